The van der Waals surface area contributed by atoms with Crippen LogP contribution in [-0.4, -0.2) is 52.9 Å². The van der Waals surface area contributed by atoms with Crippen LogP contribution >= 0.6 is 0 Å². The van der Waals surface area contributed by atoms with E-state index < -0.39 is 94.1 Å². The molecular weight excluding hydrogens is 567 g/mol. The number of rotatable bonds is 4. The van der Waals surface area contributed by atoms with Crippen LogP contribution in [0.15, 0.2) is 30.4 Å². The van der Waals surface area contributed by atoms with Gasteiger partial charge in [-0.15, -0.1) is 0 Å². The van der Waals surface area contributed by atoms with Crippen molar-refractivity contribution in [3.8, 4) is 6.07 Å². The van der Waals surface area contributed by atoms with Gasteiger partial charge in [-0.3, -0.25) is 9.69 Å². The number of nitriles is 1. The third-order valence-electron chi connectivity index (χ3n) is 7.73. The molecule has 3 fully saturated rings. The minimum atomic E-state index is -5.98. The second kappa shape index (κ2) is 8.84. The van der Waals surface area contributed by atoms with E-state index in [0.29, 0.717) is 11.0 Å². The monoisotopic (exact) mass is 586 g/mol. The van der Waals surface area contributed by atoms with Crippen LogP contribution in [0.4, 0.5) is 45.2 Å². The van der Waals surface area contributed by atoms with Gasteiger partial charge in [-0.1, -0.05) is 6.58 Å². The number of esters is 1. The van der Waals surface area contributed by atoms with Crippen LogP contribution in [-0.2, 0) is 25.2 Å². The lowest BCUT2D eigenvalue weighted by atomic mass is 9.62. The van der Waals surface area contributed by atoms with Gasteiger partial charge in [-0.25, -0.2) is 4.79 Å². The molecule has 16 heteroatoms. The first-order chi connectivity index (χ1) is 18.1. The van der Waals surface area contributed by atoms with E-state index in [4.69, 9.17) is 10.00 Å². The SMILES string of the molecule is C=C(C(=O)OC(C(F)(F)F)C(F)(F)F)[C@@H]1CC2(C)OC1(C)C1C(O)N(c3ccc(C#N)c(C(F)(F)F)c3)C(=O)[C@@H]12. The van der Waals surface area contributed by atoms with E-state index in [-0.39, 0.29) is 6.42 Å². The van der Waals surface area contributed by atoms with Crippen molar-refractivity contribution in [1.82, 2.24) is 0 Å². The van der Waals surface area contributed by atoms with E-state index in [1.165, 1.54) is 19.9 Å². The van der Waals surface area contributed by atoms with E-state index in [2.05, 4.69) is 11.3 Å². The summed E-state index contributed by atoms with van der Waals surface area (Å²) in [5.41, 5.74) is -6.68. The molecule has 0 radical (unpaired) electrons. The van der Waals surface area contributed by atoms with Crippen molar-refractivity contribution < 1.29 is 63.7 Å². The molecule has 4 rings (SSSR count). The first-order valence-corrected chi connectivity index (χ1v) is 11.4. The van der Waals surface area contributed by atoms with Gasteiger partial charge in [-0.05, 0) is 38.5 Å². The number of aliphatic hydroxyl groups excluding tert-OH is 1. The zero-order chi connectivity index (χ0) is 30.4. The van der Waals surface area contributed by atoms with Crippen LogP contribution in [0, 0.1) is 29.1 Å². The fraction of sp³-hybridized carbons (Fsp3) is 0.542. The summed E-state index contributed by atoms with van der Waals surface area (Å²) in [6.45, 7) is 5.94. The van der Waals surface area contributed by atoms with Crippen LogP contribution in [0.25, 0.3) is 0 Å². The molecule has 0 aromatic heterocycles. The lowest BCUT2D eigenvalue weighted by molar-refractivity contribution is -0.312. The van der Waals surface area contributed by atoms with Crippen LogP contribution in [0.1, 0.15) is 31.4 Å². The maximum Gasteiger partial charge on any atom is 0.434 e. The van der Waals surface area contributed by atoms with E-state index in [1.807, 2.05) is 0 Å². The third-order valence-corrected chi connectivity index (χ3v) is 7.73. The number of ether oxygens (including phenoxy) is 2. The molecule has 1 aromatic rings. The zero-order valence-electron chi connectivity index (χ0n) is 20.4. The number of alkyl halides is 9. The standard InChI is InChI=1S/C24H19F9N2O5/c1-9(18(38)39-19(23(28,29)30)24(31,32)33)13-7-20(2)14-15(21(13,3)40-20)17(37)35(16(14)36)11-5-4-10(8-34)12(6-11)22(25,26)27/h4-6,13-15,17,19,37H,1,7H2,2-3H3/t13-,14+,15?,17?,20?,21?/m0/s1. The highest BCUT2D eigenvalue weighted by atomic mass is 19.4. The topological polar surface area (TPSA) is 99.9 Å². The predicted octanol–water partition coefficient (Wildman–Crippen LogP) is 4.63. The molecule has 4 unspecified atom stereocenters. The molecule has 1 amide bonds. The molecule has 3 aliphatic rings. The number of carbonyl (C=O) groups excluding carboxylic acids is 2. The summed E-state index contributed by atoms with van der Waals surface area (Å²) in [7, 11) is 0. The predicted molar refractivity (Wildman–Crippen MR) is 114 cm³/mol. The molecular formula is C24H19F9N2O5. The van der Waals surface area contributed by atoms with Gasteiger partial charge in [0.1, 0.15) is 6.23 Å². The molecule has 3 aliphatic heterocycles. The van der Waals surface area contributed by atoms with Gasteiger partial charge in [-0.2, -0.15) is 44.8 Å². The van der Waals surface area contributed by atoms with Crippen molar-refractivity contribution in [2.45, 2.75) is 62.3 Å². The summed E-state index contributed by atoms with van der Waals surface area (Å²) in [6.07, 6.45) is -23.6. The number of hydrogen-bond donors (Lipinski definition) is 1. The molecule has 6 atom stereocenters. The quantitative estimate of drug-likeness (QED) is 0.314. The fourth-order valence-corrected chi connectivity index (χ4v) is 6.16. The average molecular weight is 586 g/mol. The van der Waals surface area contributed by atoms with Gasteiger partial charge in [0.05, 0.1) is 34.3 Å². The highest BCUT2D eigenvalue weighted by molar-refractivity contribution is 6.00. The Morgan fingerprint density at radius 3 is 2.25 bits per heavy atom. The van der Waals surface area contributed by atoms with Crippen molar-refractivity contribution in [3.05, 3.63) is 41.5 Å². The van der Waals surface area contributed by atoms with Gasteiger partial charge in [0, 0.05) is 23.1 Å². The van der Waals surface area contributed by atoms with Gasteiger partial charge in [0.15, 0.2) is 0 Å². The summed E-state index contributed by atoms with van der Waals surface area (Å²) in [6, 6.07) is 3.69. The van der Waals surface area contributed by atoms with Gasteiger partial charge < -0.3 is 14.6 Å². The highest BCUT2D eigenvalue weighted by Crippen LogP contribution is 2.65. The molecule has 40 heavy (non-hydrogen) atoms. The minimum absolute atomic E-state index is 0.311. The molecule has 1 N–H and O–H groups in total. The van der Waals surface area contributed by atoms with Crippen LogP contribution in [0.2, 0.25) is 0 Å². The summed E-state index contributed by atoms with van der Waals surface area (Å²) in [5.74, 6) is -6.74. The van der Waals surface area contributed by atoms with E-state index in [1.54, 1.807) is 0 Å². The van der Waals surface area contributed by atoms with Gasteiger partial charge in [0.2, 0.25) is 5.91 Å². The Morgan fingerprint density at radius 1 is 1.18 bits per heavy atom. The van der Waals surface area contributed by atoms with Gasteiger partial charge in [0.25, 0.3) is 6.10 Å². The normalized spacial score (nSPS) is 31.9. The molecule has 3 saturated heterocycles. The minimum Gasteiger partial charge on any atom is -0.439 e. The third kappa shape index (κ3) is 4.39. The van der Waals surface area contributed by atoms with Crippen LogP contribution in [0.3, 0.4) is 0 Å². The Bertz CT molecular complexity index is 1300. The van der Waals surface area contributed by atoms with Crippen molar-refractivity contribution in [3.63, 3.8) is 0 Å². The number of amides is 1. The Balaban J connectivity index is 1.67. The number of benzene rings is 1. The van der Waals surface area contributed by atoms with Crippen molar-refractivity contribution >= 4 is 17.6 Å². The summed E-state index contributed by atoms with van der Waals surface area (Å²) < 4.78 is 128. The smallest absolute Gasteiger partial charge is 0.434 e. The van der Waals surface area contributed by atoms with Crippen LogP contribution < -0.4 is 4.90 Å². The largest absolute Gasteiger partial charge is 0.439 e. The molecule has 7 nitrogen and oxygen atoms in total. The zero-order valence-corrected chi connectivity index (χ0v) is 20.4. The van der Waals surface area contributed by atoms with Crippen molar-refractivity contribution in [1.29, 1.82) is 5.26 Å². The highest BCUT2D eigenvalue weighted by Gasteiger charge is 2.76. The second-order valence-corrected chi connectivity index (χ2v) is 10.2. The lowest BCUT2D eigenvalue weighted by Gasteiger charge is -2.38. The Morgan fingerprint density at radius 2 is 1.75 bits per heavy atom. The maximum absolute atomic E-state index is 13.5. The van der Waals surface area contributed by atoms with E-state index in [9.17, 15) is 54.2 Å². The molecule has 2 bridgehead atoms. The van der Waals surface area contributed by atoms with Crippen molar-refractivity contribution in [2.24, 2.45) is 17.8 Å². The Labute approximate surface area is 219 Å². The van der Waals surface area contributed by atoms with E-state index >= 15 is 0 Å². The Hall–Kier alpha value is -3.32. The molecule has 3 heterocycles. The molecule has 218 valence electrons. The Kier molecular flexibility index (Phi) is 6.55. The molecule has 0 aliphatic carbocycles. The summed E-state index contributed by atoms with van der Waals surface area (Å²) in [5, 5.41) is 20.2. The number of anilines is 1. The molecule has 0 saturated carbocycles. The van der Waals surface area contributed by atoms with Crippen molar-refractivity contribution in [2.75, 3.05) is 4.90 Å². The molecule has 0 spiro atoms. The molecule has 1 aromatic carbocycles. The lowest BCUT2D eigenvalue weighted by Crippen LogP contribution is -2.50. The number of carbonyl (C=O) groups is 2. The van der Waals surface area contributed by atoms with E-state index in [0.717, 1.165) is 12.1 Å². The number of fused-ring (bicyclic) bond motifs is 5. The van der Waals surface area contributed by atoms with Crippen LogP contribution in [0.5, 0.6) is 0 Å². The first-order valence-electron chi connectivity index (χ1n) is 11.4. The summed E-state index contributed by atoms with van der Waals surface area (Å²) in [4.78, 5) is 26.5. The fourth-order valence-electron chi connectivity index (χ4n) is 6.16. The number of nitrogens with zero attached hydrogens (tertiary/aromatic N) is 2. The summed E-state index contributed by atoms with van der Waals surface area (Å²) >= 11 is 0. The maximum atomic E-state index is 13.5. The number of hydrogen-bond acceptors (Lipinski definition) is 6. The first kappa shape index (κ1) is 29.7. The number of aliphatic hydroxyl groups is 1. The number of halogens is 9. The second-order valence-electron chi connectivity index (χ2n) is 10.2. The van der Waals surface area contributed by atoms with Gasteiger partial charge >= 0.3 is 24.5 Å². The average Bonchev–Trinajstić information content (AvgIpc) is 3.34.